The standard InChI is InChI=1S/C13H10ClF2NO/c14-12-3-8(7-17)1-2-13(12)18-11-5-9(15)4-10(16)6-11/h1-6H,7,17H2. The van der Waals surface area contributed by atoms with Crippen LogP contribution in [-0.4, -0.2) is 0 Å². The third-order valence-electron chi connectivity index (χ3n) is 2.30. The quantitative estimate of drug-likeness (QED) is 0.918. The van der Waals surface area contributed by atoms with Crippen LogP contribution in [-0.2, 0) is 6.54 Å². The summed E-state index contributed by atoms with van der Waals surface area (Å²) >= 11 is 5.97. The molecule has 0 bridgehead atoms. The van der Waals surface area contributed by atoms with Gasteiger partial charge in [0.1, 0.15) is 23.1 Å². The summed E-state index contributed by atoms with van der Waals surface area (Å²) in [7, 11) is 0. The third-order valence-corrected chi connectivity index (χ3v) is 2.59. The van der Waals surface area contributed by atoms with Crippen LogP contribution < -0.4 is 10.5 Å². The molecule has 0 unspecified atom stereocenters. The van der Waals surface area contributed by atoms with Gasteiger partial charge in [-0.25, -0.2) is 8.78 Å². The van der Waals surface area contributed by atoms with Crippen LogP contribution in [0, 0.1) is 11.6 Å². The van der Waals surface area contributed by atoms with E-state index in [4.69, 9.17) is 22.1 Å². The second kappa shape index (κ2) is 5.33. The summed E-state index contributed by atoms with van der Waals surface area (Å²) in [4.78, 5) is 0. The number of rotatable bonds is 3. The summed E-state index contributed by atoms with van der Waals surface area (Å²) in [5.41, 5.74) is 6.31. The van der Waals surface area contributed by atoms with E-state index in [-0.39, 0.29) is 5.75 Å². The van der Waals surface area contributed by atoms with Gasteiger partial charge in [0.2, 0.25) is 0 Å². The van der Waals surface area contributed by atoms with Crippen LogP contribution in [0.1, 0.15) is 5.56 Å². The van der Waals surface area contributed by atoms with Gasteiger partial charge < -0.3 is 10.5 Å². The van der Waals surface area contributed by atoms with Crippen LogP contribution in [0.15, 0.2) is 36.4 Å². The van der Waals surface area contributed by atoms with Crippen molar-refractivity contribution in [2.45, 2.75) is 6.54 Å². The Balaban J connectivity index is 2.28. The highest BCUT2D eigenvalue weighted by Crippen LogP contribution is 2.30. The highest BCUT2D eigenvalue weighted by molar-refractivity contribution is 6.32. The highest BCUT2D eigenvalue weighted by Gasteiger charge is 2.06. The summed E-state index contributed by atoms with van der Waals surface area (Å²) < 4.78 is 31.3. The van der Waals surface area contributed by atoms with Gasteiger partial charge in [-0.05, 0) is 17.7 Å². The minimum Gasteiger partial charge on any atom is -0.456 e. The molecular weight excluding hydrogens is 260 g/mol. The maximum absolute atomic E-state index is 13.0. The molecule has 18 heavy (non-hydrogen) atoms. The predicted molar refractivity (Wildman–Crippen MR) is 65.8 cm³/mol. The molecule has 0 aromatic heterocycles. The van der Waals surface area contributed by atoms with Gasteiger partial charge in [-0.1, -0.05) is 17.7 Å². The zero-order valence-electron chi connectivity index (χ0n) is 9.29. The topological polar surface area (TPSA) is 35.2 Å². The monoisotopic (exact) mass is 269 g/mol. The molecule has 2 aromatic rings. The maximum atomic E-state index is 13.0. The van der Waals surface area contributed by atoms with E-state index in [0.717, 1.165) is 23.8 Å². The minimum absolute atomic E-state index is 0.0508. The van der Waals surface area contributed by atoms with Gasteiger partial charge in [0.05, 0.1) is 5.02 Å². The lowest BCUT2D eigenvalue weighted by atomic mass is 10.2. The van der Waals surface area contributed by atoms with Crippen LogP contribution in [0.25, 0.3) is 0 Å². The molecule has 0 spiro atoms. The first kappa shape index (κ1) is 12.8. The molecule has 94 valence electrons. The van der Waals surface area contributed by atoms with Crippen molar-refractivity contribution in [1.29, 1.82) is 0 Å². The highest BCUT2D eigenvalue weighted by atomic mass is 35.5. The molecule has 2 aromatic carbocycles. The van der Waals surface area contributed by atoms with Crippen molar-refractivity contribution in [2.75, 3.05) is 0 Å². The number of hydrogen-bond acceptors (Lipinski definition) is 2. The van der Waals surface area contributed by atoms with Crippen LogP contribution in [0.3, 0.4) is 0 Å². The normalized spacial score (nSPS) is 10.4. The lowest BCUT2D eigenvalue weighted by Gasteiger charge is -2.09. The lowest BCUT2D eigenvalue weighted by molar-refractivity contribution is 0.468. The van der Waals surface area contributed by atoms with E-state index in [0.29, 0.717) is 17.3 Å². The van der Waals surface area contributed by atoms with Gasteiger partial charge in [0, 0.05) is 24.7 Å². The van der Waals surface area contributed by atoms with E-state index in [9.17, 15) is 8.78 Å². The Bertz CT molecular complexity index is 555. The van der Waals surface area contributed by atoms with Gasteiger partial charge >= 0.3 is 0 Å². The molecule has 0 radical (unpaired) electrons. The Morgan fingerprint density at radius 2 is 1.72 bits per heavy atom. The summed E-state index contributed by atoms with van der Waals surface area (Å²) in [5, 5.41) is 0.336. The SMILES string of the molecule is NCc1ccc(Oc2cc(F)cc(F)c2)c(Cl)c1. The summed E-state index contributed by atoms with van der Waals surface area (Å²) in [6, 6.07) is 7.91. The van der Waals surface area contributed by atoms with Crippen molar-refractivity contribution in [2.24, 2.45) is 5.73 Å². The smallest absolute Gasteiger partial charge is 0.146 e. The fraction of sp³-hybridized carbons (Fsp3) is 0.0769. The van der Waals surface area contributed by atoms with Crippen LogP contribution >= 0.6 is 11.6 Å². The summed E-state index contributed by atoms with van der Waals surface area (Å²) in [6.45, 7) is 0.356. The number of hydrogen-bond donors (Lipinski definition) is 1. The largest absolute Gasteiger partial charge is 0.456 e. The Hall–Kier alpha value is -1.65. The van der Waals surface area contributed by atoms with E-state index < -0.39 is 11.6 Å². The fourth-order valence-corrected chi connectivity index (χ4v) is 1.71. The molecule has 0 saturated heterocycles. The first-order chi connectivity index (χ1) is 8.58. The van der Waals surface area contributed by atoms with Crippen molar-refractivity contribution in [3.8, 4) is 11.5 Å². The van der Waals surface area contributed by atoms with E-state index in [1.54, 1.807) is 18.2 Å². The Labute approximate surface area is 108 Å². The van der Waals surface area contributed by atoms with Gasteiger partial charge in [0.15, 0.2) is 0 Å². The van der Waals surface area contributed by atoms with Gasteiger partial charge in [0.25, 0.3) is 0 Å². The maximum Gasteiger partial charge on any atom is 0.146 e. The van der Waals surface area contributed by atoms with Crippen molar-refractivity contribution < 1.29 is 13.5 Å². The van der Waals surface area contributed by atoms with E-state index >= 15 is 0 Å². The molecule has 0 fully saturated rings. The Morgan fingerprint density at radius 3 is 2.28 bits per heavy atom. The minimum atomic E-state index is -0.709. The van der Waals surface area contributed by atoms with Crippen LogP contribution in [0.5, 0.6) is 11.5 Å². The molecule has 2 N–H and O–H groups in total. The third kappa shape index (κ3) is 2.97. The number of ether oxygens (including phenoxy) is 1. The molecule has 0 heterocycles. The molecule has 0 amide bonds. The predicted octanol–water partition coefficient (Wildman–Crippen LogP) is 3.87. The van der Waals surface area contributed by atoms with Crippen molar-refractivity contribution in [3.05, 3.63) is 58.6 Å². The summed E-state index contributed by atoms with van der Waals surface area (Å²) in [6.07, 6.45) is 0. The van der Waals surface area contributed by atoms with E-state index in [2.05, 4.69) is 0 Å². The molecule has 0 aliphatic heterocycles. The molecule has 2 nitrogen and oxygen atoms in total. The Morgan fingerprint density at radius 1 is 1.06 bits per heavy atom. The molecule has 2 rings (SSSR count). The first-order valence-electron chi connectivity index (χ1n) is 5.21. The van der Waals surface area contributed by atoms with Gasteiger partial charge in [-0.3, -0.25) is 0 Å². The summed E-state index contributed by atoms with van der Waals surface area (Å²) in [5.74, 6) is -1.05. The lowest BCUT2D eigenvalue weighted by Crippen LogP contribution is -1.96. The average Bonchev–Trinajstić information content (AvgIpc) is 2.30. The molecular formula is C13H10ClF2NO. The van der Waals surface area contributed by atoms with Gasteiger partial charge in [-0.2, -0.15) is 0 Å². The Kier molecular flexibility index (Phi) is 3.79. The molecule has 5 heteroatoms. The van der Waals surface area contributed by atoms with Crippen molar-refractivity contribution in [1.82, 2.24) is 0 Å². The number of nitrogens with two attached hydrogens (primary N) is 1. The average molecular weight is 270 g/mol. The molecule has 0 atom stereocenters. The van der Waals surface area contributed by atoms with Crippen molar-refractivity contribution in [3.63, 3.8) is 0 Å². The fourth-order valence-electron chi connectivity index (χ4n) is 1.47. The second-order valence-electron chi connectivity index (χ2n) is 3.68. The number of benzene rings is 2. The van der Waals surface area contributed by atoms with Gasteiger partial charge in [-0.15, -0.1) is 0 Å². The zero-order valence-corrected chi connectivity index (χ0v) is 10.0. The molecule has 0 aliphatic carbocycles. The first-order valence-corrected chi connectivity index (χ1v) is 5.59. The molecule has 0 saturated carbocycles. The van der Waals surface area contributed by atoms with E-state index in [1.807, 2.05) is 0 Å². The van der Waals surface area contributed by atoms with Crippen LogP contribution in [0.2, 0.25) is 5.02 Å². The molecule has 0 aliphatic rings. The van der Waals surface area contributed by atoms with Crippen molar-refractivity contribution >= 4 is 11.6 Å². The number of halogens is 3. The van der Waals surface area contributed by atoms with E-state index in [1.165, 1.54) is 0 Å². The van der Waals surface area contributed by atoms with Crippen LogP contribution in [0.4, 0.5) is 8.78 Å². The zero-order chi connectivity index (χ0) is 13.1. The second-order valence-corrected chi connectivity index (χ2v) is 4.08.